The van der Waals surface area contributed by atoms with Crippen LogP contribution >= 0.6 is 12.6 Å². The first-order chi connectivity index (χ1) is 4.22. The molecule has 0 aromatic heterocycles. The number of hydrogen-bond acceptors (Lipinski definition) is 4. The molecule has 3 N–H and O–H groups in total. The molecular weight excluding hydrogens is 142 g/mol. The largest absolute Gasteiger partial charge is 0.480 e. The van der Waals surface area contributed by atoms with Gasteiger partial charge in [-0.3, -0.25) is 10.1 Å². The van der Waals surface area contributed by atoms with Crippen LogP contribution in [0.15, 0.2) is 0 Å². The number of thiol groups is 1. The summed E-state index contributed by atoms with van der Waals surface area (Å²) in [7, 11) is 0. The SMILES string of the molecule is O=C(O)[C@@H](CS)NCO. The summed E-state index contributed by atoms with van der Waals surface area (Å²) in [6.45, 7) is -0.336. The molecule has 0 fully saturated rings. The fraction of sp³-hybridized carbons (Fsp3) is 0.750. The normalized spacial score (nSPS) is 13.1. The molecule has 0 saturated heterocycles. The third-order valence-electron chi connectivity index (χ3n) is 0.818. The van der Waals surface area contributed by atoms with Crippen molar-refractivity contribution in [2.75, 3.05) is 12.5 Å². The van der Waals surface area contributed by atoms with Crippen LogP contribution in [-0.4, -0.2) is 34.7 Å². The Morgan fingerprint density at radius 1 is 1.78 bits per heavy atom. The van der Waals surface area contributed by atoms with Gasteiger partial charge in [0, 0.05) is 5.75 Å². The molecule has 0 unspecified atom stereocenters. The molecule has 9 heavy (non-hydrogen) atoms. The highest BCUT2D eigenvalue weighted by atomic mass is 32.1. The van der Waals surface area contributed by atoms with Gasteiger partial charge in [-0.25, -0.2) is 0 Å². The van der Waals surface area contributed by atoms with Gasteiger partial charge in [-0.1, -0.05) is 0 Å². The molecule has 0 aromatic carbocycles. The summed E-state index contributed by atoms with van der Waals surface area (Å²) in [5.41, 5.74) is 0. The maximum absolute atomic E-state index is 10.1. The molecule has 0 aliphatic heterocycles. The van der Waals surface area contributed by atoms with Crippen LogP contribution in [0.4, 0.5) is 0 Å². The Morgan fingerprint density at radius 3 is 2.44 bits per heavy atom. The number of aliphatic hydroxyl groups is 1. The van der Waals surface area contributed by atoms with E-state index in [0.29, 0.717) is 0 Å². The standard InChI is InChI=1S/C4H9NO3S/c6-2-5-3(1-9)4(7)8/h3,5-6,9H,1-2H2,(H,7,8)/t3-/m1/s1. The highest BCUT2D eigenvalue weighted by molar-refractivity contribution is 7.80. The van der Waals surface area contributed by atoms with E-state index in [1.807, 2.05) is 0 Å². The molecule has 0 aliphatic carbocycles. The Bertz CT molecular complexity index is 97.8. The summed E-state index contributed by atoms with van der Waals surface area (Å²) in [4.78, 5) is 10.1. The molecule has 54 valence electrons. The van der Waals surface area contributed by atoms with Crippen LogP contribution in [0.1, 0.15) is 0 Å². The second-order valence-electron chi connectivity index (χ2n) is 1.44. The lowest BCUT2D eigenvalue weighted by molar-refractivity contribution is -0.139. The molecule has 0 radical (unpaired) electrons. The molecular formula is C4H9NO3S. The van der Waals surface area contributed by atoms with Crippen molar-refractivity contribution in [3.8, 4) is 0 Å². The van der Waals surface area contributed by atoms with Gasteiger partial charge in [0.2, 0.25) is 0 Å². The van der Waals surface area contributed by atoms with Crippen molar-refractivity contribution in [1.82, 2.24) is 5.32 Å². The number of rotatable bonds is 4. The second kappa shape index (κ2) is 4.60. The quantitative estimate of drug-likeness (QED) is 0.304. The Balaban J connectivity index is 3.54. The monoisotopic (exact) mass is 151 g/mol. The zero-order valence-corrected chi connectivity index (χ0v) is 5.64. The average Bonchev–Trinajstić information content (AvgIpc) is 1.82. The number of nitrogens with one attached hydrogen (secondary N) is 1. The highest BCUT2D eigenvalue weighted by Gasteiger charge is 2.12. The number of carboxylic acids is 1. The number of aliphatic hydroxyl groups excluding tert-OH is 1. The van der Waals surface area contributed by atoms with E-state index in [1.54, 1.807) is 0 Å². The second-order valence-corrected chi connectivity index (χ2v) is 1.80. The van der Waals surface area contributed by atoms with Crippen LogP contribution in [0.25, 0.3) is 0 Å². The van der Waals surface area contributed by atoms with E-state index in [4.69, 9.17) is 10.2 Å². The first kappa shape index (κ1) is 8.74. The first-order valence-corrected chi connectivity index (χ1v) is 3.03. The molecule has 0 amide bonds. The van der Waals surface area contributed by atoms with Gasteiger partial charge in [0.25, 0.3) is 0 Å². The predicted octanol–water partition coefficient (Wildman–Crippen LogP) is -1.09. The summed E-state index contributed by atoms with van der Waals surface area (Å²) in [6, 6.07) is -0.752. The molecule has 1 atom stereocenters. The molecule has 4 nitrogen and oxygen atoms in total. The van der Waals surface area contributed by atoms with Crippen molar-refractivity contribution in [2.24, 2.45) is 0 Å². The number of hydrogen-bond donors (Lipinski definition) is 4. The summed E-state index contributed by atoms with van der Waals surface area (Å²) >= 11 is 3.73. The van der Waals surface area contributed by atoms with E-state index >= 15 is 0 Å². The van der Waals surface area contributed by atoms with Crippen LogP contribution in [0, 0.1) is 0 Å². The lowest BCUT2D eigenvalue weighted by Crippen LogP contribution is -2.38. The molecule has 5 heteroatoms. The third-order valence-corrected chi connectivity index (χ3v) is 1.18. The lowest BCUT2D eigenvalue weighted by atomic mass is 10.3. The minimum atomic E-state index is -1.00. The van der Waals surface area contributed by atoms with E-state index in [0.717, 1.165) is 0 Å². The smallest absolute Gasteiger partial charge is 0.321 e. The van der Waals surface area contributed by atoms with Gasteiger partial charge in [0.15, 0.2) is 0 Å². The highest BCUT2D eigenvalue weighted by Crippen LogP contribution is 1.85. The number of aliphatic carboxylic acids is 1. The third kappa shape index (κ3) is 3.34. The molecule has 0 rings (SSSR count). The molecule has 0 aromatic rings. The van der Waals surface area contributed by atoms with Crippen LogP contribution in [-0.2, 0) is 4.79 Å². The Kier molecular flexibility index (Phi) is 4.47. The van der Waals surface area contributed by atoms with Gasteiger partial charge in [-0.15, -0.1) is 0 Å². The minimum absolute atomic E-state index is 0.176. The van der Waals surface area contributed by atoms with E-state index in [-0.39, 0.29) is 12.5 Å². The van der Waals surface area contributed by atoms with E-state index in [2.05, 4.69) is 17.9 Å². The molecule has 0 heterocycles. The molecule has 0 aliphatic rings. The summed E-state index contributed by atoms with van der Waals surface area (Å²) in [5, 5.41) is 18.8. The average molecular weight is 151 g/mol. The van der Waals surface area contributed by atoms with Crippen molar-refractivity contribution >= 4 is 18.6 Å². The van der Waals surface area contributed by atoms with Gasteiger partial charge in [-0.2, -0.15) is 12.6 Å². The minimum Gasteiger partial charge on any atom is -0.480 e. The van der Waals surface area contributed by atoms with Crippen LogP contribution in [0.2, 0.25) is 0 Å². The molecule has 0 bridgehead atoms. The summed E-state index contributed by atoms with van der Waals surface area (Å²) in [6.07, 6.45) is 0. The van der Waals surface area contributed by atoms with Crippen LogP contribution < -0.4 is 5.32 Å². The zero-order valence-electron chi connectivity index (χ0n) is 4.74. The van der Waals surface area contributed by atoms with E-state index < -0.39 is 12.0 Å². The Hall–Kier alpha value is -0.260. The fourth-order valence-electron chi connectivity index (χ4n) is 0.340. The summed E-state index contributed by atoms with van der Waals surface area (Å²) < 4.78 is 0. The van der Waals surface area contributed by atoms with Gasteiger partial charge in [0.1, 0.15) is 6.04 Å². The zero-order chi connectivity index (χ0) is 7.28. The maximum Gasteiger partial charge on any atom is 0.321 e. The topological polar surface area (TPSA) is 69.6 Å². The van der Waals surface area contributed by atoms with Crippen LogP contribution in [0.5, 0.6) is 0 Å². The van der Waals surface area contributed by atoms with E-state index in [1.165, 1.54) is 0 Å². The van der Waals surface area contributed by atoms with Crippen LogP contribution in [0.3, 0.4) is 0 Å². The fourth-order valence-corrected chi connectivity index (χ4v) is 0.625. The number of carbonyl (C=O) groups is 1. The Labute approximate surface area is 58.3 Å². The first-order valence-electron chi connectivity index (χ1n) is 2.40. The predicted molar refractivity (Wildman–Crippen MR) is 35.5 cm³/mol. The van der Waals surface area contributed by atoms with Gasteiger partial charge in [0.05, 0.1) is 6.73 Å². The van der Waals surface area contributed by atoms with E-state index in [9.17, 15) is 4.79 Å². The van der Waals surface area contributed by atoms with Crippen molar-refractivity contribution in [2.45, 2.75) is 6.04 Å². The summed E-state index contributed by atoms with van der Waals surface area (Å²) in [5.74, 6) is -0.824. The van der Waals surface area contributed by atoms with Crippen molar-refractivity contribution < 1.29 is 15.0 Å². The van der Waals surface area contributed by atoms with Gasteiger partial charge >= 0.3 is 5.97 Å². The molecule has 0 spiro atoms. The lowest BCUT2D eigenvalue weighted by Gasteiger charge is -2.07. The molecule has 0 saturated carbocycles. The van der Waals surface area contributed by atoms with Crippen molar-refractivity contribution in [3.63, 3.8) is 0 Å². The van der Waals surface area contributed by atoms with Gasteiger partial charge < -0.3 is 10.2 Å². The van der Waals surface area contributed by atoms with Crippen molar-refractivity contribution in [3.05, 3.63) is 0 Å². The number of carboxylic acid groups (broad SMARTS) is 1. The van der Waals surface area contributed by atoms with Gasteiger partial charge in [-0.05, 0) is 0 Å². The van der Waals surface area contributed by atoms with Crippen molar-refractivity contribution in [1.29, 1.82) is 0 Å². The Morgan fingerprint density at radius 2 is 2.33 bits per heavy atom. The maximum atomic E-state index is 10.1.